The Kier molecular flexibility index (Phi) is 2.82. The van der Waals surface area contributed by atoms with Gasteiger partial charge in [0.15, 0.2) is 0 Å². The second-order valence-corrected chi connectivity index (χ2v) is 5.71. The molecule has 2 aliphatic rings. The quantitative estimate of drug-likeness (QED) is 0.829. The number of amides is 2. The molecule has 0 bridgehead atoms. The number of benzene rings is 1. The van der Waals surface area contributed by atoms with E-state index in [0.717, 1.165) is 17.9 Å². The van der Waals surface area contributed by atoms with Crippen molar-refractivity contribution in [3.8, 4) is 0 Å². The van der Waals surface area contributed by atoms with Gasteiger partial charge in [0.05, 0.1) is 22.7 Å². The number of hydrogen-bond donors (Lipinski definition) is 1. The Morgan fingerprint density at radius 3 is 2.63 bits per heavy atom. The summed E-state index contributed by atoms with van der Waals surface area (Å²) in [5, 5.41) is 8.93. The van der Waals surface area contributed by atoms with E-state index in [1.165, 1.54) is 23.1 Å². The zero-order valence-corrected chi connectivity index (χ0v) is 10.8. The third-order valence-electron chi connectivity index (χ3n) is 3.44. The minimum Gasteiger partial charge on any atom is -0.478 e. The molecular formula is C13H11NO4S. The van der Waals surface area contributed by atoms with E-state index in [4.69, 9.17) is 5.11 Å². The maximum atomic E-state index is 12.3. The number of rotatable bonds is 2. The maximum Gasteiger partial charge on any atom is 0.335 e. The molecule has 6 heteroatoms. The van der Waals surface area contributed by atoms with E-state index in [-0.39, 0.29) is 29.0 Å². The lowest BCUT2D eigenvalue weighted by Crippen LogP contribution is -2.39. The van der Waals surface area contributed by atoms with Crippen LogP contribution in [-0.4, -0.2) is 45.3 Å². The molecule has 1 aromatic rings. The summed E-state index contributed by atoms with van der Waals surface area (Å²) in [6.07, 6.45) is 0.807. The van der Waals surface area contributed by atoms with Crippen LogP contribution in [0.15, 0.2) is 18.2 Å². The molecular weight excluding hydrogens is 266 g/mol. The van der Waals surface area contributed by atoms with Gasteiger partial charge >= 0.3 is 5.97 Å². The summed E-state index contributed by atoms with van der Waals surface area (Å²) in [7, 11) is 0. The monoisotopic (exact) mass is 277 g/mol. The molecule has 0 saturated carbocycles. The maximum absolute atomic E-state index is 12.3. The summed E-state index contributed by atoms with van der Waals surface area (Å²) in [5.41, 5.74) is 0.552. The Balaban J connectivity index is 2.01. The first-order chi connectivity index (χ1) is 9.09. The van der Waals surface area contributed by atoms with Crippen molar-refractivity contribution in [2.24, 2.45) is 0 Å². The first kappa shape index (κ1) is 12.2. The first-order valence-corrected chi connectivity index (χ1v) is 7.08. The fourth-order valence-electron chi connectivity index (χ4n) is 2.45. The van der Waals surface area contributed by atoms with Crippen LogP contribution in [0.2, 0.25) is 0 Å². The molecule has 98 valence electrons. The van der Waals surface area contributed by atoms with Gasteiger partial charge in [-0.3, -0.25) is 14.5 Å². The molecule has 1 fully saturated rings. The van der Waals surface area contributed by atoms with Gasteiger partial charge in [0, 0.05) is 5.75 Å². The first-order valence-electron chi connectivity index (χ1n) is 5.92. The number of aromatic carboxylic acids is 1. The van der Waals surface area contributed by atoms with Crippen LogP contribution in [0, 0.1) is 0 Å². The van der Waals surface area contributed by atoms with Crippen molar-refractivity contribution in [2.75, 3.05) is 11.5 Å². The van der Waals surface area contributed by atoms with Crippen LogP contribution in [0.3, 0.4) is 0 Å². The van der Waals surface area contributed by atoms with Crippen molar-refractivity contribution in [1.82, 2.24) is 4.90 Å². The minimum absolute atomic E-state index is 0.0301. The van der Waals surface area contributed by atoms with Crippen LogP contribution in [0.1, 0.15) is 37.5 Å². The van der Waals surface area contributed by atoms with Crippen molar-refractivity contribution in [3.63, 3.8) is 0 Å². The van der Waals surface area contributed by atoms with E-state index in [9.17, 15) is 14.4 Å². The number of carbonyl (C=O) groups is 3. The molecule has 0 spiro atoms. The SMILES string of the molecule is O=C(O)c1ccc2c(c1)C(=O)N(C1CCSC1)C2=O. The molecule has 3 rings (SSSR count). The topological polar surface area (TPSA) is 74.7 Å². The Morgan fingerprint density at radius 2 is 2.00 bits per heavy atom. The Labute approximate surface area is 113 Å². The van der Waals surface area contributed by atoms with Gasteiger partial charge in [-0.05, 0) is 30.4 Å². The predicted molar refractivity (Wildman–Crippen MR) is 69.6 cm³/mol. The molecule has 1 unspecified atom stereocenters. The zero-order chi connectivity index (χ0) is 13.6. The summed E-state index contributed by atoms with van der Waals surface area (Å²) >= 11 is 1.72. The molecule has 5 nitrogen and oxygen atoms in total. The van der Waals surface area contributed by atoms with Gasteiger partial charge in [0.2, 0.25) is 0 Å². The Bertz CT molecular complexity index is 592. The number of nitrogens with zero attached hydrogens (tertiary/aromatic N) is 1. The average molecular weight is 277 g/mol. The molecule has 1 aromatic carbocycles. The number of carbonyl (C=O) groups excluding carboxylic acids is 2. The summed E-state index contributed by atoms with van der Waals surface area (Å²) in [6.45, 7) is 0. The van der Waals surface area contributed by atoms with Crippen molar-refractivity contribution in [3.05, 3.63) is 34.9 Å². The van der Waals surface area contributed by atoms with Gasteiger partial charge in [-0.1, -0.05) is 0 Å². The van der Waals surface area contributed by atoms with E-state index in [0.29, 0.717) is 5.56 Å². The molecule has 19 heavy (non-hydrogen) atoms. The Morgan fingerprint density at radius 1 is 1.26 bits per heavy atom. The lowest BCUT2D eigenvalue weighted by Gasteiger charge is -2.20. The highest BCUT2D eigenvalue weighted by atomic mass is 32.2. The molecule has 0 radical (unpaired) electrons. The lowest BCUT2D eigenvalue weighted by molar-refractivity contribution is 0.0600. The van der Waals surface area contributed by atoms with E-state index >= 15 is 0 Å². The van der Waals surface area contributed by atoms with E-state index in [1.807, 2.05) is 0 Å². The summed E-state index contributed by atoms with van der Waals surface area (Å²) in [5.74, 6) is -0.0617. The molecule has 0 aromatic heterocycles. The zero-order valence-electron chi connectivity index (χ0n) is 9.96. The minimum atomic E-state index is -1.10. The molecule has 1 saturated heterocycles. The van der Waals surface area contributed by atoms with E-state index in [1.54, 1.807) is 11.8 Å². The summed E-state index contributed by atoms with van der Waals surface area (Å²) < 4.78 is 0. The second kappa shape index (κ2) is 4.38. The fraction of sp³-hybridized carbons (Fsp3) is 0.308. The highest BCUT2D eigenvalue weighted by Gasteiger charge is 2.41. The number of thioether (sulfide) groups is 1. The smallest absolute Gasteiger partial charge is 0.335 e. The summed E-state index contributed by atoms with van der Waals surface area (Å²) in [6, 6.07) is 4.02. The fourth-order valence-corrected chi connectivity index (χ4v) is 3.64. The molecule has 2 aliphatic heterocycles. The molecule has 0 aliphatic carbocycles. The van der Waals surface area contributed by atoms with Crippen LogP contribution in [0.4, 0.5) is 0 Å². The lowest BCUT2D eigenvalue weighted by atomic mass is 10.1. The molecule has 2 amide bonds. The number of carboxylic acids is 1. The van der Waals surface area contributed by atoms with Gasteiger partial charge in [-0.2, -0.15) is 11.8 Å². The average Bonchev–Trinajstić information content (AvgIpc) is 2.98. The van der Waals surface area contributed by atoms with Crippen molar-refractivity contribution >= 4 is 29.5 Å². The van der Waals surface area contributed by atoms with Gasteiger partial charge < -0.3 is 5.11 Å². The van der Waals surface area contributed by atoms with Crippen LogP contribution in [0.25, 0.3) is 0 Å². The third-order valence-corrected chi connectivity index (χ3v) is 4.58. The number of fused-ring (bicyclic) bond motifs is 1. The standard InChI is InChI=1S/C13H11NO4S/c15-11-9-2-1-7(13(17)18)5-10(9)12(16)14(11)8-3-4-19-6-8/h1-2,5,8H,3-4,6H2,(H,17,18). The van der Waals surface area contributed by atoms with Gasteiger partial charge in [0.1, 0.15) is 0 Å². The normalized spacial score (nSPS) is 21.9. The number of imide groups is 1. The number of hydrogen-bond acceptors (Lipinski definition) is 4. The van der Waals surface area contributed by atoms with Gasteiger partial charge in [-0.25, -0.2) is 4.79 Å². The van der Waals surface area contributed by atoms with Crippen LogP contribution >= 0.6 is 11.8 Å². The summed E-state index contributed by atoms with van der Waals surface area (Å²) in [4.78, 5) is 36.7. The Hall–Kier alpha value is -1.82. The van der Waals surface area contributed by atoms with Crippen molar-refractivity contribution in [1.29, 1.82) is 0 Å². The molecule has 1 atom stereocenters. The highest BCUT2D eigenvalue weighted by Crippen LogP contribution is 2.31. The van der Waals surface area contributed by atoms with Crippen LogP contribution < -0.4 is 0 Å². The molecule has 1 N–H and O–H groups in total. The predicted octanol–water partition coefficient (Wildman–Crippen LogP) is 1.49. The largest absolute Gasteiger partial charge is 0.478 e. The van der Waals surface area contributed by atoms with Crippen molar-refractivity contribution in [2.45, 2.75) is 12.5 Å². The van der Waals surface area contributed by atoms with Crippen LogP contribution in [0.5, 0.6) is 0 Å². The van der Waals surface area contributed by atoms with E-state index < -0.39 is 5.97 Å². The van der Waals surface area contributed by atoms with E-state index in [2.05, 4.69) is 0 Å². The van der Waals surface area contributed by atoms with Gasteiger partial charge in [-0.15, -0.1) is 0 Å². The molecule has 2 heterocycles. The second-order valence-electron chi connectivity index (χ2n) is 4.56. The van der Waals surface area contributed by atoms with Gasteiger partial charge in [0.25, 0.3) is 11.8 Å². The highest BCUT2D eigenvalue weighted by molar-refractivity contribution is 7.99. The number of carboxylic acid groups (broad SMARTS) is 1. The third kappa shape index (κ3) is 1.83. The van der Waals surface area contributed by atoms with Crippen LogP contribution in [-0.2, 0) is 0 Å². The van der Waals surface area contributed by atoms with Crippen molar-refractivity contribution < 1.29 is 19.5 Å².